The molecule has 0 saturated heterocycles. The number of benzene rings is 1. The monoisotopic (exact) mass is 291 g/mol. The number of carboxylic acid groups (broad SMARTS) is 1. The van der Waals surface area contributed by atoms with Gasteiger partial charge in [0, 0.05) is 23.2 Å². The highest BCUT2D eigenvalue weighted by atomic mass is 32.2. The third-order valence-corrected chi connectivity index (χ3v) is 3.33. The number of aromatic amines is 1. The maximum Gasteiger partial charge on any atom is 0.326 e. The summed E-state index contributed by atoms with van der Waals surface area (Å²) in [4.78, 5) is 30.4. The van der Waals surface area contributed by atoms with Crippen LogP contribution >= 0.6 is 11.8 Å². The largest absolute Gasteiger partial charge is 0.480 e. The maximum absolute atomic E-state index is 11.8. The maximum atomic E-state index is 11.8. The first-order chi connectivity index (χ1) is 9.65. The summed E-state index contributed by atoms with van der Waals surface area (Å²) in [5, 5.41) is 11.2. The molecule has 0 spiro atoms. The summed E-state index contributed by atoms with van der Waals surface area (Å²) in [7, 11) is 0. The first-order valence-corrected chi connectivity index (χ1v) is 6.70. The fraction of sp³-hybridized carbons (Fsp3) is 0.154. The highest BCUT2D eigenvalue weighted by Crippen LogP contribution is 2.18. The van der Waals surface area contributed by atoms with E-state index >= 15 is 0 Å². The van der Waals surface area contributed by atoms with Crippen molar-refractivity contribution in [1.82, 2.24) is 15.3 Å². The molecule has 0 unspecified atom stereocenters. The lowest BCUT2D eigenvalue weighted by Crippen LogP contribution is -2.40. The summed E-state index contributed by atoms with van der Waals surface area (Å²) in [6, 6.07) is 8.06. The van der Waals surface area contributed by atoms with Crippen LogP contribution in [0.4, 0.5) is 4.79 Å². The predicted molar refractivity (Wildman–Crippen MR) is 74.5 cm³/mol. The zero-order valence-electron chi connectivity index (χ0n) is 10.4. The average Bonchev–Trinajstić information content (AvgIpc) is 2.92. The van der Waals surface area contributed by atoms with Gasteiger partial charge in [-0.3, -0.25) is 4.79 Å². The molecule has 2 aromatic rings. The van der Waals surface area contributed by atoms with E-state index in [9.17, 15) is 9.59 Å². The predicted octanol–water partition coefficient (Wildman–Crippen LogP) is 1.91. The number of hydrogen-bond donors (Lipinski definition) is 3. The van der Waals surface area contributed by atoms with Crippen LogP contribution < -0.4 is 5.32 Å². The molecular formula is C13H13N3O3S. The molecule has 1 heterocycles. The standard InChI is InChI=1S/C13H13N3O3S/c17-12(18)11(6-9-7-14-8-15-9)16-13(19)20-10-4-2-1-3-5-10/h1-5,7-8,11H,6H2,(H,14,15)(H,16,19)(H,17,18)/t11-/m0/s1. The second-order valence-electron chi connectivity index (χ2n) is 4.02. The van der Waals surface area contributed by atoms with Crippen LogP contribution in [-0.4, -0.2) is 32.3 Å². The zero-order chi connectivity index (χ0) is 14.4. The Morgan fingerprint density at radius 3 is 2.70 bits per heavy atom. The molecule has 0 radical (unpaired) electrons. The quantitative estimate of drug-likeness (QED) is 0.731. The molecule has 0 aliphatic heterocycles. The number of aromatic nitrogens is 2. The minimum absolute atomic E-state index is 0.163. The Morgan fingerprint density at radius 1 is 1.35 bits per heavy atom. The highest BCUT2D eigenvalue weighted by molar-refractivity contribution is 8.13. The van der Waals surface area contributed by atoms with Crippen LogP contribution in [-0.2, 0) is 11.2 Å². The van der Waals surface area contributed by atoms with Crippen molar-refractivity contribution >= 4 is 23.0 Å². The summed E-state index contributed by atoms with van der Waals surface area (Å²) in [5.74, 6) is -1.08. The number of nitrogens with one attached hydrogen (secondary N) is 2. The van der Waals surface area contributed by atoms with Gasteiger partial charge in [0.1, 0.15) is 6.04 Å². The first-order valence-electron chi connectivity index (χ1n) is 5.88. The van der Waals surface area contributed by atoms with E-state index in [1.54, 1.807) is 12.1 Å². The van der Waals surface area contributed by atoms with Crippen molar-refractivity contribution in [1.29, 1.82) is 0 Å². The van der Waals surface area contributed by atoms with Crippen LogP contribution in [0.2, 0.25) is 0 Å². The van der Waals surface area contributed by atoms with Gasteiger partial charge in [-0.1, -0.05) is 18.2 Å². The third-order valence-electron chi connectivity index (χ3n) is 2.52. The number of hydrogen-bond acceptors (Lipinski definition) is 4. The van der Waals surface area contributed by atoms with Crippen LogP contribution in [0.5, 0.6) is 0 Å². The Labute approximate surface area is 119 Å². The Morgan fingerprint density at radius 2 is 2.10 bits per heavy atom. The third kappa shape index (κ3) is 4.13. The Kier molecular flexibility index (Phi) is 4.78. The number of carboxylic acids is 1. The van der Waals surface area contributed by atoms with Crippen LogP contribution in [0.1, 0.15) is 5.69 Å². The molecule has 0 saturated carbocycles. The molecule has 3 N–H and O–H groups in total. The molecule has 104 valence electrons. The van der Waals surface area contributed by atoms with Crippen molar-refractivity contribution in [3.63, 3.8) is 0 Å². The van der Waals surface area contributed by atoms with Gasteiger partial charge < -0.3 is 15.4 Å². The number of nitrogens with zero attached hydrogens (tertiary/aromatic N) is 1. The molecule has 0 fully saturated rings. The minimum atomic E-state index is -1.08. The van der Waals surface area contributed by atoms with Gasteiger partial charge in [-0.25, -0.2) is 9.78 Å². The van der Waals surface area contributed by atoms with Gasteiger partial charge in [-0.05, 0) is 23.9 Å². The molecule has 7 heteroatoms. The molecule has 0 aliphatic carbocycles. The van der Waals surface area contributed by atoms with Gasteiger partial charge in [-0.2, -0.15) is 0 Å². The van der Waals surface area contributed by atoms with Crippen molar-refractivity contribution in [2.24, 2.45) is 0 Å². The molecule has 1 aromatic heterocycles. The normalized spacial score (nSPS) is 11.8. The summed E-state index contributed by atoms with van der Waals surface area (Å²) in [5.41, 5.74) is 0.655. The molecule has 1 atom stereocenters. The van der Waals surface area contributed by atoms with Gasteiger partial charge in [-0.15, -0.1) is 0 Å². The van der Waals surface area contributed by atoms with E-state index in [1.165, 1.54) is 12.5 Å². The SMILES string of the molecule is O=C(N[C@@H](Cc1cnc[nH]1)C(=O)O)Sc1ccccc1. The van der Waals surface area contributed by atoms with E-state index in [1.807, 2.05) is 18.2 Å². The molecule has 6 nitrogen and oxygen atoms in total. The number of carbonyl (C=O) groups excluding carboxylic acids is 1. The number of aliphatic carboxylic acids is 1. The van der Waals surface area contributed by atoms with E-state index in [4.69, 9.17) is 5.11 Å². The molecule has 0 bridgehead atoms. The van der Waals surface area contributed by atoms with Gasteiger partial charge in [0.2, 0.25) is 0 Å². The van der Waals surface area contributed by atoms with Crippen molar-refractivity contribution in [2.75, 3.05) is 0 Å². The number of H-pyrrole nitrogens is 1. The Balaban J connectivity index is 1.94. The van der Waals surface area contributed by atoms with Crippen molar-refractivity contribution < 1.29 is 14.7 Å². The Bertz CT molecular complexity index is 572. The van der Waals surface area contributed by atoms with E-state index in [2.05, 4.69) is 15.3 Å². The Hall–Kier alpha value is -2.28. The first kappa shape index (κ1) is 14.1. The zero-order valence-corrected chi connectivity index (χ0v) is 11.3. The van der Waals surface area contributed by atoms with Crippen LogP contribution in [0.3, 0.4) is 0 Å². The summed E-state index contributed by atoms with van der Waals surface area (Å²) >= 11 is 0.963. The number of amides is 1. The lowest BCUT2D eigenvalue weighted by molar-refractivity contribution is -0.139. The van der Waals surface area contributed by atoms with E-state index in [-0.39, 0.29) is 6.42 Å². The average molecular weight is 291 g/mol. The smallest absolute Gasteiger partial charge is 0.326 e. The van der Waals surface area contributed by atoms with Gasteiger partial charge in [0.05, 0.1) is 6.33 Å². The molecule has 2 rings (SSSR count). The summed E-state index contributed by atoms with van der Waals surface area (Å²) in [6.45, 7) is 0. The van der Waals surface area contributed by atoms with Crippen LogP contribution in [0.15, 0.2) is 47.8 Å². The van der Waals surface area contributed by atoms with Crippen LogP contribution in [0.25, 0.3) is 0 Å². The molecule has 1 amide bonds. The van der Waals surface area contributed by atoms with E-state index in [0.29, 0.717) is 5.69 Å². The number of thioether (sulfide) groups is 1. The number of imidazole rings is 1. The van der Waals surface area contributed by atoms with Gasteiger partial charge in [0.15, 0.2) is 0 Å². The van der Waals surface area contributed by atoms with Crippen molar-refractivity contribution in [2.45, 2.75) is 17.4 Å². The number of carbonyl (C=O) groups is 2. The molecule has 0 aliphatic rings. The van der Waals surface area contributed by atoms with Gasteiger partial charge in [0.25, 0.3) is 5.24 Å². The summed E-state index contributed by atoms with van der Waals surface area (Å²) < 4.78 is 0. The molecule has 20 heavy (non-hydrogen) atoms. The fourth-order valence-electron chi connectivity index (χ4n) is 1.58. The van der Waals surface area contributed by atoms with Crippen molar-refractivity contribution in [3.8, 4) is 0 Å². The fourth-order valence-corrected chi connectivity index (χ4v) is 2.29. The summed E-state index contributed by atoms with van der Waals surface area (Å²) in [6.07, 6.45) is 3.16. The van der Waals surface area contributed by atoms with Gasteiger partial charge >= 0.3 is 5.97 Å². The minimum Gasteiger partial charge on any atom is -0.480 e. The lowest BCUT2D eigenvalue weighted by Gasteiger charge is -2.13. The van der Waals surface area contributed by atoms with Crippen LogP contribution in [0, 0.1) is 0 Å². The molecular weight excluding hydrogens is 278 g/mol. The topological polar surface area (TPSA) is 95.1 Å². The van der Waals surface area contributed by atoms with E-state index < -0.39 is 17.3 Å². The number of rotatable bonds is 5. The highest BCUT2D eigenvalue weighted by Gasteiger charge is 2.21. The van der Waals surface area contributed by atoms with E-state index in [0.717, 1.165) is 16.7 Å². The second kappa shape index (κ2) is 6.76. The molecule has 1 aromatic carbocycles. The lowest BCUT2D eigenvalue weighted by atomic mass is 10.2. The second-order valence-corrected chi connectivity index (χ2v) is 5.07. The van der Waals surface area contributed by atoms with Crippen molar-refractivity contribution in [3.05, 3.63) is 48.5 Å².